The summed E-state index contributed by atoms with van der Waals surface area (Å²) in [7, 11) is -2.54. The van der Waals surface area contributed by atoms with Crippen LogP contribution in [-0.4, -0.2) is 66.4 Å². The van der Waals surface area contributed by atoms with E-state index in [0.29, 0.717) is 39.7 Å². The minimum atomic E-state index is -3.95. The lowest BCUT2D eigenvalue weighted by Gasteiger charge is -2.37. The lowest BCUT2D eigenvalue weighted by Crippen LogP contribution is -2.52. The Bertz CT molecular complexity index is 1850. The smallest absolute Gasteiger partial charge is 0.301 e. The number of hydrogen-bond acceptors (Lipinski definition) is 9. The number of halogens is 2. The molecule has 3 N–H and O–H groups in total. The van der Waals surface area contributed by atoms with Crippen LogP contribution in [0.1, 0.15) is 45.5 Å². The Morgan fingerprint density at radius 1 is 1.09 bits per heavy atom. The number of rotatable bonds is 9. The summed E-state index contributed by atoms with van der Waals surface area (Å²) in [6, 6.07) is 11.9. The van der Waals surface area contributed by atoms with Gasteiger partial charge in [-0.25, -0.2) is 23.7 Å². The number of anilines is 4. The summed E-state index contributed by atoms with van der Waals surface area (Å²) in [6.07, 6.45) is 3.68. The molecule has 0 aliphatic carbocycles. The summed E-state index contributed by atoms with van der Waals surface area (Å²) in [5.74, 6) is -0.813. The number of benzene rings is 2. The molecule has 0 amide bonds. The first-order chi connectivity index (χ1) is 21.9. The molecule has 2 unspecified atom stereocenters. The highest BCUT2D eigenvalue weighted by Gasteiger charge is 2.37. The van der Waals surface area contributed by atoms with Gasteiger partial charge in [-0.2, -0.15) is 12.7 Å². The van der Waals surface area contributed by atoms with E-state index in [1.807, 2.05) is 26.8 Å². The molecule has 2 saturated heterocycles. The van der Waals surface area contributed by atoms with E-state index in [1.165, 1.54) is 30.5 Å². The molecule has 6 rings (SSSR count). The van der Waals surface area contributed by atoms with Crippen molar-refractivity contribution in [1.29, 1.82) is 0 Å². The lowest BCUT2D eigenvalue weighted by molar-refractivity contribution is 0.476. The molecule has 2 aromatic carbocycles. The maximum Gasteiger partial charge on any atom is 0.301 e. The Hall–Kier alpha value is -3.72. The summed E-state index contributed by atoms with van der Waals surface area (Å²) in [5, 5.41) is 7.30. The molecule has 244 valence electrons. The molecule has 10 nitrogen and oxygen atoms in total. The van der Waals surface area contributed by atoms with E-state index in [4.69, 9.17) is 9.97 Å². The van der Waals surface area contributed by atoms with E-state index in [-0.39, 0.29) is 35.0 Å². The van der Waals surface area contributed by atoms with Gasteiger partial charge in [0.05, 0.1) is 32.6 Å². The van der Waals surface area contributed by atoms with Crippen LogP contribution in [0.4, 0.5) is 31.8 Å². The maximum absolute atomic E-state index is 16.0. The minimum Gasteiger partial charge on any atom is -0.361 e. The van der Waals surface area contributed by atoms with Gasteiger partial charge in [-0.1, -0.05) is 33.8 Å². The van der Waals surface area contributed by atoms with Crippen molar-refractivity contribution in [1.82, 2.24) is 24.6 Å². The lowest BCUT2D eigenvalue weighted by atomic mass is 9.98. The van der Waals surface area contributed by atoms with Gasteiger partial charge in [-0.3, -0.25) is 4.72 Å². The van der Waals surface area contributed by atoms with Crippen LogP contribution in [0.15, 0.2) is 48.7 Å². The topological polar surface area (TPSA) is 115 Å². The van der Waals surface area contributed by atoms with Crippen molar-refractivity contribution >= 4 is 44.6 Å². The second-order valence-electron chi connectivity index (χ2n) is 12.6. The first-order valence-corrected chi connectivity index (χ1v) is 17.5. The molecule has 2 atom stereocenters. The molecule has 46 heavy (non-hydrogen) atoms. The summed E-state index contributed by atoms with van der Waals surface area (Å²) >= 11 is 1.38. The van der Waals surface area contributed by atoms with Gasteiger partial charge in [0.2, 0.25) is 5.95 Å². The first-order valence-electron chi connectivity index (χ1n) is 15.3. The number of fused-ring (bicyclic) bond motifs is 2. The van der Waals surface area contributed by atoms with Crippen LogP contribution in [0.5, 0.6) is 0 Å². The number of thiazole rings is 1. The zero-order valence-corrected chi connectivity index (χ0v) is 28.1. The molecule has 2 aromatic heterocycles. The number of nitrogens with zero attached hydrogens (tertiary/aromatic N) is 5. The summed E-state index contributed by atoms with van der Waals surface area (Å²) in [6.45, 7) is 9.65. The van der Waals surface area contributed by atoms with Gasteiger partial charge in [0.25, 0.3) is 0 Å². The van der Waals surface area contributed by atoms with Crippen molar-refractivity contribution < 1.29 is 17.2 Å². The quantitative estimate of drug-likeness (QED) is 0.195. The summed E-state index contributed by atoms with van der Waals surface area (Å²) in [5.41, 5.74) is 1.53. The van der Waals surface area contributed by atoms with E-state index in [9.17, 15) is 8.42 Å². The second-order valence-corrected chi connectivity index (χ2v) is 15.4. The Balaban J connectivity index is 1.33. The largest absolute Gasteiger partial charge is 0.361 e. The van der Waals surface area contributed by atoms with Crippen LogP contribution in [0.3, 0.4) is 0 Å². The van der Waals surface area contributed by atoms with Crippen LogP contribution < -0.4 is 20.3 Å². The number of aromatic nitrogens is 3. The third kappa shape index (κ3) is 6.31. The zero-order chi connectivity index (χ0) is 32.8. The number of nitrogens with one attached hydrogen (secondary N) is 3. The molecule has 14 heteroatoms. The zero-order valence-electron chi connectivity index (χ0n) is 26.4. The van der Waals surface area contributed by atoms with Crippen LogP contribution >= 0.6 is 11.3 Å². The van der Waals surface area contributed by atoms with E-state index >= 15 is 8.78 Å². The molecule has 2 fully saturated rings. The highest BCUT2D eigenvalue weighted by molar-refractivity contribution is 7.90. The van der Waals surface area contributed by atoms with Crippen LogP contribution in [0.25, 0.3) is 21.8 Å². The van der Waals surface area contributed by atoms with Gasteiger partial charge in [0, 0.05) is 61.6 Å². The molecule has 4 aromatic rings. The van der Waals surface area contributed by atoms with Gasteiger partial charge < -0.3 is 15.5 Å². The predicted octanol–water partition coefficient (Wildman–Crippen LogP) is 6.14. The Labute approximate surface area is 272 Å². The Morgan fingerprint density at radius 2 is 1.83 bits per heavy atom. The SMILES string of the molecule is CCN(C)S(=O)(=O)Nc1cccc(-c2nc(C(C)(C)C)sc2-c2ccnc(Nc3ccc(N4C5CCC4CNC5)c(F)c3)n2)c1F. The van der Waals surface area contributed by atoms with Crippen LogP contribution in [0, 0.1) is 11.6 Å². The second kappa shape index (κ2) is 12.5. The molecular weight excluding hydrogens is 631 g/mol. The van der Waals surface area contributed by atoms with Crippen LogP contribution in [0.2, 0.25) is 0 Å². The molecule has 2 aliphatic heterocycles. The average molecular weight is 669 g/mol. The molecule has 2 aliphatic rings. The number of piperazine rings is 1. The van der Waals surface area contributed by atoms with E-state index in [0.717, 1.165) is 35.2 Å². The monoisotopic (exact) mass is 668 g/mol. The first kappa shape index (κ1) is 32.2. The van der Waals surface area contributed by atoms with Gasteiger partial charge in [-0.15, -0.1) is 11.3 Å². The third-order valence-corrected chi connectivity index (χ3v) is 11.4. The molecule has 0 saturated carbocycles. The van der Waals surface area contributed by atoms with Crippen LogP contribution in [-0.2, 0) is 15.6 Å². The van der Waals surface area contributed by atoms with Gasteiger partial charge in [0.15, 0.2) is 5.82 Å². The fourth-order valence-corrected chi connectivity index (χ4v) is 7.86. The molecule has 2 bridgehead atoms. The van der Waals surface area contributed by atoms with Crippen molar-refractivity contribution in [3.8, 4) is 21.8 Å². The van der Waals surface area contributed by atoms with E-state index in [2.05, 4.69) is 25.2 Å². The van der Waals surface area contributed by atoms with Crippen molar-refractivity contribution in [2.45, 2.75) is 58.0 Å². The van der Waals surface area contributed by atoms with Crippen molar-refractivity contribution in [3.63, 3.8) is 0 Å². The highest BCUT2D eigenvalue weighted by Crippen LogP contribution is 2.42. The van der Waals surface area contributed by atoms with Crippen molar-refractivity contribution in [3.05, 3.63) is 65.3 Å². The van der Waals surface area contributed by atoms with Crippen molar-refractivity contribution in [2.75, 3.05) is 41.6 Å². The fourth-order valence-electron chi connectivity index (χ4n) is 5.82. The summed E-state index contributed by atoms with van der Waals surface area (Å²) in [4.78, 5) is 16.7. The Morgan fingerprint density at radius 3 is 2.50 bits per heavy atom. The molecule has 0 spiro atoms. The standard InChI is InChI=1S/C32H38F2N8O2S2/c1-6-41(5)46(43,44)40-24-9-7-8-22(27(24)34)28-29(45-30(39-28)32(2,3)4)25-14-15-36-31(38-25)37-19-10-13-26(23(33)16-19)42-20-11-12-21(42)18-35-17-20/h7-10,13-16,20-21,35,40H,6,11-12,17-18H2,1-5H3,(H,36,37,38). The molecular formula is C32H38F2N8O2S2. The average Bonchev–Trinajstić information content (AvgIpc) is 3.56. The fraction of sp³-hybridized carbons (Fsp3) is 0.406. The Kier molecular flexibility index (Phi) is 8.74. The van der Waals surface area contributed by atoms with Gasteiger partial charge in [-0.05, 0) is 49.2 Å². The van der Waals surface area contributed by atoms with Gasteiger partial charge in [0.1, 0.15) is 5.82 Å². The number of hydrogen-bond donors (Lipinski definition) is 3. The highest BCUT2D eigenvalue weighted by atomic mass is 32.2. The molecule has 4 heterocycles. The summed E-state index contributed by atoms with van der Waals surface area (Å²) < 4.78 is 60.2. The van der Waals surface area contributed by atoms with Gasteiger partial charge >= 0.3 is 10.2 Å². The normalized spacial score (nSPS) is 18.3. The van der Waals surface area contributed by atoms with E-state index in [1.54, 1.807) is 37.4 Å². The molecule has 0 radical (unpaired) electrons. The minimum absolute atomic E-state index is 0.133. The predicted molar refractivity (Wildman–Crippen MR) is 180 cm³/mol. The maximum atomic E-state index is 16.0. The third-order valence-electron chi connectivity index (χ3n) is 8.37. The van der Waals surface area contributed by atoms with Crippen molar-refractivity contribution in [2.24, 2.45) is 0 Å². The van der Waals surface area contributed by atoms with E-state index < -0.39 is 16.0 Å².